The van der Waals surface area contributed by atoms with Crippen LogP contribution in [0, 0.1) is 0 Å². The number of amides is 2. The number of hydrogen-bond donors (Lipinski definition) is 1. The molecule has 1 aromatic rings. The standard InChI is InChI=1S/C19H26F3N5O3/c1-3-15-24-14-9-26(5-4-13(14)18(25-15)19(20,21)22)16(28)6-12(23)8-27-7-11(2)30-10-17(27)29/h11-12H,3-10,23H2,1-2H3/t11-,12+/m0/s1. The van der Waals surface area contributed by atoms with Crippen molar-refractivity contribution in [1.29, 1.82) is 0 Å². The zero-order valence-corrected chi connectivity index (χ0v) is 17.0. The van der Waals surface area contributed by atoms with E-state index in [9.17, 15) is 22.8 Å². The molecule has 2 N–H and O–H groups in total. The second kappa shape index (κ2) is 8.84. The Hall–Kier alpha value is -2.27. The van der Waals surface area contributed by atoms with Crippen LogP contribution >= 0.6 is 0 Å². The normalized spacial score (nSPS) is 20.9. The van der Waals surface area contributed by atoms with Gasteiger partial charge in [0.05, 0.1) is 18.3 Å². The molecule has 3 rings (SSSR count). The molecule has 0 saturated carbocycles. The van der Waals surface area contributed by atoms with Crippen molar-refractivity contribution in [3.05, 3.63) is 22.8 Å². The molecule has 0 radical (unpaired) electrons. The van der Waals surface area contributed by atoms with Gasteiger partial charge in [-0.3, -0.25) is 9.59 Å². The van der Waals surface area contributed by atoms with Crippen LogP contribution in [0.25, 0.3) is 0 Å². The van der Waals surface area contributed by atoms with Crippen molar-refractivity contribution >= 4 is 11.8 Å². The Bertz CT molecular complexity index is 817. The SMILES string of the molecule is CCc1nc2c(c(C(F)(F)F)n1)CCN(C(=O)C[C@@H](N)CN1C[C@H](C)OCC1=O)C2. The molecule has 1 fully saturated rings. The number of alkyl halides is 3. The van der Waals surface area contributed by atoms with Gasteiger partial charge in [-0.25, -0.2) is 9.97 Å². The number of nitrogens with zero attached hydrogens (tertiary/aromatic N) is 4. The number of morpholine rings is 1. The van der Waals surface area contributed by atoms with Crippen molar-refractivity contribution in [3.63, 3.8) is 0 Å². The van der Waals surface area contributed by atoms with Crippen LogP contribution in [0.2, 0.25) is 0 Å². The van der Waals surface area contributed by atoms with Crippen LogP contribution in [0.1, 0.15) is 43.0 Å². The van der Waals surface area contributed by atoms with Gasteiger partial charge in [-0.15, -0.1) is 0 Å². The molecule has 3 heterocycles. The lowest BCUT2D eigenvalue weighted by Gasteiger charge is -2.34. The summed E-state index contributed by atoms with van der Waals surface area (Å²) in [4.78, 5) is 35.6. The minimum absolute atomic E-state index is 0.00694. The highest BCUT2D eigenvalue weighted by Crippen LogP contribution is 2.34. The summed E-state index contributed by atoms with van der Waals surface area (Å²) in [7, 11) is 0. The van der Waals surface area contributed by atoms with Crippen LogP contribution in [-0.2, 0) is 39.9 Å². The van der Waals surface area contributed by atoms with Crippen molar-refractivity contribution < 1.29 is 27.5 Å². The minimum atomic E-state index is -4.56. The molecule has 0 aromatic carbocycles. The molecule has 0 aliphatic carbocycles. The molecule has 8 nitrogen and oxygen atoms in total. The number of aryl methyl sites for hydroxylation is 1. The number of nitrogens with two attached hydrogens (primary N) is 1. The lowest BCUT2D eigenvalue weighted by molar-refractivity contribution is -0.148. The first-order chi connectivity index (χ1) is 14.1. The van der Waals surface area contributed by atoms with Crippen LogP contribution in [0.5, 0.6) is 0 Å². The number of fused-ring (bicyclic) bond motifs is 1. The van der Waals surface area contributed by atoms with E-state index >= 15 is 0 Å². The smallest absolute Gasteiger partial charge is 0.367 e. The third kappa shape index (κ3) is 5.07. The first kappa shape index (κ1) is 22.4. The lowest BCUT2D eigenvalue weighted by Crippen LogP contribution is -2.51. The van der Waals surface area contributed by atoms with Crippen molar-refractivity contribution in [1.82, 2.24) is 19.8 Å². The molecule has 0 spiro atoms. The third-order valence-corrected chi connectivity index (χ3v) is 5.26. The Morgan fingerprint density at radius 1 is 1.37 bits per heavy atom. The number of carbonyl (C=O) groups is 2. The molecule has 166 valence electrons. The Kier molecular flexibility index (Phi) is 6.61. The molecule has 2 amide bonds. The topological polar surface area (TPSA) is 102 Å². The van der Waals surface area contributed by atoms with E-state index in [1.807, 2.05) is 6.92 Å². The van der Waals surface area contributed by atoms with Gasteiger partial charge in [0.15, 0.2) is 5.69 Å². The van der Waals surface area contributed by atoms with E-state index in [0.29, 0.717) is 6.54 Å². The molecule has 2 aliphatic heterocycles. The highest BCUT2D eigenvalue weighted by molar-refractivity contribution is 5.79. The molecule has 2 atom stereocenters. The maximum Gasteiger partial charge on any atom is 0.433 e. The van der Waals surface area contributed by atoms with Gasteiger partial charge in [0.1, 0.15) is 12.4 Å². The van der Waals surface area contributed by atoms with E-state index in [1.165, 1.54) is 4.90 Å². The highest BCUT2D eigenvalue weighted by atomic mass is 19.4. The Balaban J connectivity index is 1.66. The third-order valence-electron chi connectivity index (χ3n) is 5.26. The molecule has 0 unspecified atom stereocenters. The second-order valence-corrected chi connectivity index (χ2v) is 7.71. The van der Waals surface area contributed by atoms with E-state index < -0.39 is 17.9 Å². The Labute approximate surface area is 172 Å². The summed E-state index contributed by atoms with van der Waals surface area (Å²) in [6.45, 7) is 4.30. The van der Waals surface area contributed by atoms with Crippen LogP contribution < -0.4 is 5.73 Å². The zero-order valence-electron chi connectivity index (χ0n) is 17.0. The number of ether oxygens (including phenoxy) is 1. The summed E-state index contributed by atoms with van der Waals surface area (Å²) in [6, 6.07) is -0.574. The number of hydrogen-bond acceptors (Lipinski definition) is 6. The Morgan fingerprint density at radius 3 is 2.77 bits per heavy atom. The number of halogens is 3. The van der Waals surface area contributed by atoms with Gasteiger partial charge in [-0.05, 0) is 13.3 Å². The van der Waals surface area contributed by atoms with Gasteiger partial charge in [0.2, 0.25) is 11.8 Å². The van der Waals surface area contributed by atoms with Crippen LogP contribution in [0.15, 0.2) is 0 Å². The molecule has 30 heavy (non-hydrogen) atoms. The molecule has 0 bridgehead atoms. The predicted molar refractivity (Wildman–Crippen MR) is 100 cm³/mol. The van der Waals surface area contributed by atoms with Gasteiger partial charge >= 0.3 is 6.18 Å². The van der Waals surface area contributed by atoms with Crippen LogP contribution in [0.3, 0.4) is 0 Å². The molecular weight excluding hydrogens is 403 g/mol. The van der Waals surface area contributed by atoms with Gasteiger partial charge < -0.3 is 20.3 Å². The van der Waals surface area contributed by atoms with Crippen LogP contribution in [-0.4, -0.2) is 70.0 Å². The van der Waals surface area contributed by atoms with Gasteiger partial charge in [0, 0.05) is 44.1 Å². The Morgan fingerprint density at radius 2 is 2.10 bits per heavy atom. The van der Waals surface area contributed by atoms with E-state index in [1.54, 1.807) is 11.8 Å². The first-order valence-corrected chi connectivity index (χ1v) is 9.97. The maximum atomic E-state index is 13.4. The van der Waals surface area contributed by atoms with E-state index in [2.05, 4.69) is 9.97 Å². The summed E-state index contributed by atoms with van der Waals surface area (Å²) in [5.74, 6) is -0.342. The monoisotopic (exact) mass is 429 g/mol. The predicted octanol–water partition coefficient (Wildman–Crippen LogP) is 0.907. The summed E-state index contributed by atoms with van der Waals surface area (Å²) in [6.07, 6.45) is -4.37. The van der Waals surface area contributed by atoms with Gasteiger partial charge in [-0.2, -0.15) is 13.2 Å². The van der Waals surface area contributed by atoms with E-state index in [0.717, 1.165) is 0 Å². The van der Waals surface area contributed by atoms with Crippen LogP contribution in [0.4, 0.5) is 13.2 Å². The quantitative estimate of drug-likeness (QED) is 0.747. The summed E-state index contributed by atoms with van der Waals surface area (Å²) in [5, 5.41) is 0. The highest BCUT2D eigenvalue weighted by Gasteiger charge is 2.39. The van der Waals surface area contributed by atoms with Crippen molar-refractivity contribution in [2.24, 2.45) is 5.73 Å². The molecule has 2 aliphatic rings. The summed E-state index contributed by atoms with van der Waals surface area (Å²) >= 11 is 0. The molecule has 1 aromatic heterocycles. The average molecular weight is 429 g/mol. The number of rotatable bonds is 5. The molecule has 1 saturated heterocycles. The fourth-order valence-corrected chi connectivity index (χ4v) is 3.73. The summed E-state index contributed by atoms with van der Waals surface area (Å²) < 4.78 is 45.4. The largest absolute Gasteiger partial charge is 0.433 e. The van der Waals surface area contributed by atoms with Gasteiger partial charge in [-0.1, -0.05) is 6.92 Å². The van der Waals surface area contributed by atoms with Crippen molar-refractivity contribution in [2.45, 2.75) is 58.0 Å². The average Bonchev–Trinajstić information content (AvgIpc) is 2.68. The van der Waals surface area contributed by atoms with Gasteiger partial charge in [0.25, 0.3) is 0 Å². The zero-order chi connectivity index (χ0) is 22.1. The fraction of sp³-hybridized carbons (Fsp3) is 0.684. The van der Waals surface area contributed by atoms with E-state index in [4.69, 9.17) is 10.5 Å². The van der Waals surface area contributed by atoms with Crippen molar-refractivity contribution in [2.75, 3.05) is 26.2 Å². The number of aromatic nitrogens is 2. The molecular formula is C19H26F3N5O3. The first-order valence-electron chi connectivity index (χ1n) is 9.97. The minimum Gasteiger partial charge on any atom is -0.367 e. The second-order valence-electron chi connectivity index (χ2n) is 7.71. The maximum absolute atomic E-state index is 13.4. The summed E-state index contributed by atoms with van der Waals surface area (Å²) in [5.41, 5.74) is 5.47. The van der Waals surface area contributed by atoms with Crippen molar-refractivity contribution in [3.8, 4) is 0 Å². The molecule has 11 heteroatoms. The fourth-order valence-electron chi connectivity index (χ4n) is 3.73. The lowest BCUT2D eigenvalue weighted by atomic mass is 10.0. The van der Waals surface area contributed by atoms with E-state index in [-0.39, 0.29) is 80.5 Å². The number of carbonyl (C=O) groups excluding carboxylic acids is 2.